The predicted octanol–water partition coefficient (Wildman–Crippen LogP) is 7.68. The smallest absolute Gasteiger partial charge is 0.457 e. The summed E-state index contributed by atoms with van der Waals surface area (Å²) < 4.78 is 54.3. The molecule has 47 heavy (non-hydrogen) atoms. The number of carbonyl (C=O) groups is 2. The molecule has 0 aliphatic rings. The molecule has 3 aromatic carbocycles. The maximum Gasteiger partial charge on any atom is 0.573 e. The first-order chi connectivity index (χ1) is 22.6. The molecule has 0 radical (unpaired) electrons. The van der Waals surface area contributed by atoms with Gasteiger partial charge in [-0.05, 0) is 55.3 Å². The summed E-state index contributed by atoms with van der Waals surface area (Å²) in [6, 6.07) is 20.3. The Kier molecular flexibility index (Phi) is 10.2. The number of halogens is 3. The average molecular weight is 649 g/mol. The first kappa shape index (κ1) is 32.8. The summed E-state index contributed by atoms with van der Waals surface area (Å²) >= 11 is 0. The van der Waals surface area contributed by atoms with Crippen LogP contribution in [-0.4, -0.2) is 46.8 Å². The fourth-order valence-corrected chi connectivity index (χ4v) is 4.70. The maximum absolute atomic E-state index is 13.3. The zero-order valence-electron chi connectivity index (χ0n) is 25.4. The minimum atomic E-state index is -4.81. The third-order valence-corrected chi connectivity index (χ3v) is 6.74. The number of methoxy groups -OCH3 is 1. The molecule has 0 spiro atoms. The maximum atomic E-state index is 13.3. The standard InChI is InChI=1S/C33H31F3N6O5/c1-3-4-7-21-18-30(42(41-21)22-10-12-23(13-11-22)47-33(34,35)36)40-32(44)38-27-14-15-28(26-9-6-5-8-25(26)27)46-24-16-17-37-29(19-24)39-31(43)20-45-2/h5-6,8-19H,3-4,7,20H2,1-2H3,(H,37,39,43)(H2,38,40,44). The number of hydrogen-bond acceptors (Lipinski definition) is 7. The van der Waals surface area contributed by atoms with Gasteiger partial charge in [-0.15, -0.1) is 13.2 Å². The summed E-state index contributed by atoms with van der Waals surface area (Å²) in [5.74, 6) is 0.833. The van der Waals surface area contributed by atoms with Crippen molar-refractivity contribution in [2.75, 3.05) is 29.7 Å². The van der Waals surface area contributed by atoms with E-state index in [1.165, 1.54) is 42.3 Å². The number of amides is 3. The fraction of sp³-hybridized carbons (Fsp3) is 0.212. The van der Waals surface area contributed by atoms with Gasteiger partial charge in [-0.3, -0.25) is 10.1 Å². The summed E-state index contributed by atoms with van der Waals surface area (Å²) in [6.45, 7) is 1.93. The van der Waals surface area contributed by atoms with Gasteiger partial charge in [-0.2, -0.15) is 5.10 Å². The third kappa shape index (κ3) is 8.76. The van der Waals surface area contributed by atoms with E-state index in [1.807, 2.05) is 31.2 Å². The Morgan fingerprint density at radius 2 is 1.66 bits per heavy atom. The van der Waals surface area contributed by atoms with Gasteiger partial charge in [0.05, 0.1) is 17.1 Å². The molecule has 244 valence electrons. The van der Waals surface area contributed by atoms with E-state index in [1.54, 1.807) is 30.3 Å². The van der Waals surface area contributed by atoms with Crippen molar-refractivity contribution in [2.24, 2.45) is 0 Å². The van der Waals surface area contributed by atoms with Crippen molar-refractivity contribution in [3.8, 4) is 22.9 Å². The van der Waals surface area contributed by atoms with E-state index < -0.39 is 12.4 Å². The van der Waals surface area contributed by atoms with Crippen LogP contribution in [0, 0.1) is 0 Å². The molecule has 3 N–H and O–H groups in total. The topological polar surface area (TPSA) is 129 Å². The van der Waals surface area contributed by atoms with Crippen LogP contribution in [0.5, 0.6) is 17.2 Å². The van der Waals surface area contributed by atoms with E-state index >= 15 is 0 Å². The molecule has 0 fully saturated rings. The number of alkyl halides is 3. The van der Waals surface area contributed by atoms with Crippen LogP contribution in [0.25, 0.3) is 16.5 Å². The number of hydrogen-bond donors (Lipinski definition) is 3. The fourth-order valence-electron chi connectivity index (χ4n) is 4.70. The van der Waals surface area contributed by atoms with Gasteiger partial charge < -0.3 is 24.8 Å². The predicted molar refractivity (Wildman–Crippen MR) is 170 cm³/mol. The summed E-state index contributed by atoms with van der Waals surface area (Å²) in [6.07, 6.45) is -0.862. The van der Waals surface area contributed by atoms with Gasteiger partial charge in [0, 0.05) is 36.2 Å². The van der Waals surface area contributed by atoms with Crippen LogP contribution in [0.2, 0.25) is 0 Å². The summed E-state index contributed by atoms with van der Waals surface area (Å²) in [4.78, 5) is 29.3. The zero-order chi connectivity index (χ0) is 33.4. The highest BCUT2D eigenvalue weighted by molar-refractivity contribution is 6.07. The van der Waals surface area contributed by atoms with E-state index in [0.717, 1.165) is 12.8 Å². The number of carbonyl (C=O) groups excluding carboxylic acids is 2. The van der Waals surface area contributed by atoms with Gasteiger partial charge in [-0.25, -0.2) is 14.5 Å². The molecule has 0 saturated heterocycles. The quantitative estimate of drug-likeness (QED) is 0.127. The summed E-state index contributed by atoms with van der Waals surface area (Å²) in [7, 11) is 1.42. The lowest BCUT2D eigenvalue weighted by Crippen LogP contribution is -2.21. The number of urea groups is 1. The largest absolute Gasteiger partial charge is 0.573 e. The number of nitrogens with zero attached hydrogens (tertiary/aromatic N) is 3. The van der Waals surface area contributed by atoms with Crippen molar-refractivity contribution in [1.82, 2.24) is 14.8 Å². The first-order valence-corrected chi connectivity index (χ1v) is 14.6. The Balaban J connectivity index is 1.35. The SMILES string of the molecule is CCCCc1cc(NC(=O)Nc2ccc(Oc3ccnc(NC(=O)COC)c3)c3ccccc23)n(-c2ccc(OC(F)(F)F)cc2)n1. The minimum Gasteiger partial charge on any atom is -0.457 e. The molecule has 0 unspecified atom stereocenters. The highest BCUT2D eigenvalue weighted by Gasteiger charge is 2.31. The van der Waals surface area contributed by atoms with Crippen molar-refractivity contribution in [1.29, 1.82) is 0 Å². The molecule has 3 amide bonds. The number of anilines is 3. The van der Waals surface area contributed by atoms with Gasteiger partial charge in [0.1, 0.15) is 35.5 Å². The van der Waals surface area contributed by atoms with Crippen molar-refractivity contribution in [3.63, 3.8) is 0 Å². The molecule has 14 heteroatoms. The molecular formula is C33H31F3N6O5. The molecule has 0 aliphatic heterocycles. The molecule has 0 bridgehead atoms. The molecule has 0 atom stereocenters. The van der Waals surface area contributed by atoms with Crippen LogP contribution in [-0.2, 0) is 16.0 Å². The number of ether oxygens (including phenoxy) is 3. The second kappa shape index (κ2) is 14.6. The number of pyridine rings is 1. The van der Waals surface area contributed by atoms with Crippen molar-refractivity contribution in [2.45, 2.75) is 32.5 Å². The highest BCUT2D eigenvalue weighted by Crippen LogP contribution is 2.35. The van der Waals surface area contributed by atoms with Gasteiger partial charge in [-0.1, -0.05) is 37.6 Å². The number of fused-ring (bicyclic) bond motifs is 1. The van der Waals surface area contributed by atoms with E-state index in [0.29, 0.717) is 57.4 Å². The normalized spacial score (nSPS) is 11.3. The Bertz CT molecular complexity index is 1860. The molecule has 2 aromatic heterocycles. The van der Waals surface area contributed by atoms with Crippen LogP contribution in [0.15, 0.2) is 85.1 Å². The lowest BCUT2D eigenvalue weighted by molar-refractivity contribution is -0.274. The summed E-state index contributed by atoms with van der Waals surface area (Å²) in [5.41, 5.74) is 1.64. The van der Waals surface area contributed by atoms with Crippen LogP contribution >= 0.6 is 0 Å². The van der Waals surface area contributed by atoms with Crippen molar-refractivity contribution < 1.29 is 37.0 Å². The molecule has 5 aromatic rings. The van der Waals surface area contributed by atoms with Crippen molar-refractivity contribution >= 4 is 40.0 Å². The van der Waals surface area contributed by atoms with E-state index in [2.05, 4.69) is 30.8 Å². The van der Waals surface area contributed by atoms with Crippen LogP contribution in [0.3, 0.4) is 0 Å². The van der Waals surface area contributed by atoms with E-state index in [4.69, 9.17) is 9.47 Å². The number of unbranched alkanes of at least 4 members (excludes halogenated alkanes) is 1. The van der Waals surface area contributed by atoms with Gasteiger partial charge in [0.15, 0.2) is 0 Å². The zero-order valence-corrected chi connectivity index (χ0v) is 25.4. The second-order valence-corrected chi connectivity index (χ2v) is 10.3. The molecule has 2 heterocycles. The number of nitrogens with one attached hydrogen (secondary N) is 3. The van der Waals surface area contributed by atoms with Gasteiger partial charge in [0.2, 0.25) is 0 Å². The Morgan fingerprint density at radius 3 is 2.38 bits per heavy atom. The first-order valence-electron chi connectivity index (χ1n) is 14.6. The van der Waals surface area contributed by atoms with E-state index in [9.17, 15) is 22.8 Å². The number of benzene rings is 3. The molecule has 11 nitrogen and oxygen atoms in total. The lowest BCUT2D eigenvalue weighted by Gasteiger charge is -2.15. The highest BCUT2D eigenvalue weighted by atomic mass is 19.4. The third-order valence-electron chi connectivity index (χ3n) is 6.74. The number of aryl methyl sites for hydroxylation is 1. The van der Waals surface area contributed by atoms with Gasteiger partial charge >= 0.3 is 12.4 Å². The second-order valence-electron chi connectivity index (χ2n) is 10.3. The van der Waals surface area contributed by atoms with Gasteiger partial charge in [0.25, 0.3) is 5.91 Å². The Labute approximate surface area is 267 Å². The monoisotopic (exact) mass is 648 g/mol. The minimum absolute atomic E-state index is 0.115. The van der Waals surface area contributed by atoms with Crippen molar-refractivity contribution in [3.05, 3.63) is 90.8 Å². The Hall–Kier alpha value is -5.63. The summed E-state index contributed by atoms with van der Waals surface area (Å²) in [5, 5.41) is 14.3. The average Bonchev–Trinajstić information content (AvgIpc) is 3.43. The molecule has 0 saturated carbocycles. The molecular weight excluding hydrogens is 617 g/mol. The van der Waals surface area contributed by atoms with Crippen LogP contribution in [0.1, 0.15) is 25.5 Å². The molecule has 5 rings (SSSR count). The molecule has 0 aliphatic carbocycles. The lowest BCUT2D eigenvalue weighted by atomic mass is 10.1. The van der Waals surface area contributed by atoms with Crippen LogP contribution < -0.4 is 25.4 Å². The van der Waals surface area contributed by atoms with E-state index in [-0.39, 0.29) is 18.3 Å². The number of aromatic nitrogens is 3. The van der Waals surface area contributed by atoms with Crippen LogP contribution in [0.4, 0.5) is 35.3 Å². The number of rotatable bonds is 12. The Morgan fingerprint density at radius 1 is 0.894 bits per heavy atom.